The third-order valence-corrected chi connectivity index (χ3v) is 3.80. The summed E-state index contributed by atoms with van der Waals surface area (Å²) in [6.07, 6.45) is 1.47. The molecule has 0 atom stereocenters. The Kier molecular flexibility index (Phi) is 3.85. The summed E-state index contributed by atoms with van der Waals surface area (Å²) in [5.74, 6) is 1.60. The smallest absolute Gasteiger partial charge is 0.254 e. The average Bonchev–Trinajstić information content (AvgIpc) is 2.94. The number of aryl methyl sites for hydroxylation is 2. The first kappa shape index (κ1) is 15.2. The fourth-order valence-electron chi connectivity index (χ4n) is 2.53. The van der Waals surface area contributed by atoms with E-state index in [9.17, 15) is 4.79 Å². The van der Waals surface area contributed by atoms with Crippen LogP contribution in [0.3, 0.4) is 0 Å². The number of aromatic nitrogens is 5. The lowest BCUT2D eigenvalue weighted by molar-refractivity contribution is 0.806. The number of H-pyrrole nitrogens is 1. The number of nitrogens with one attached hydrogen (secondary N) is 2. The van der Waals surface area contributed by atoms with Gasteiger partial charge in [0, 0.05) is 23.9 Å². The van der Waals surface area contributed by atoms with Crippen LogP contribution in [-0.4, -0.2) is 24.6 Å². The number of rotatable bonds is 4. The summed E-state index contributed by atoms with van der Waals surface area (Å²) in [4.78, 5) is 23.6. The van der Waals surface area contributed by atoms with Gasteiger partial charge in [-0.25, -0.2) is 4.98 Å². The number of nitrogens with zero attached hydrogens (tertiary/aromatic N) is 4. The molecule has 0 fully saturated rings. The van der Waals surface area contributed by atoms with Crippen LogP contribution in [0.5, 0.6) is 0 Å². The Hall–Kier alpha value is -2.70. The van der Waals surface area contributed by atoms with Gasteiger partial charge in [-0.3, -0.25) is 4.79 Å². The highest BCUT2D eigenvalue weighted by Crippen LogP contribution is 2.18. The Morgan fingerprint density at radius 2 is 2.09 bits per heavy atom. The molecule has 120 valence electrons. The molecule has 0 saturated heterocycles. The van der Waals surface area contributed by atoms with Gasteiger partial charge >= 0.3 is 0 Å². The van der Waals surface area contributed by atoms with E-state index in [2.05, 4.69) is 39.2 Å². The maximum atomic E-state index is 12.1. The van der Waals surface area contributed by atoms with E-state index in [0.717, 1.165) is 22.8 Å². The predicted molar refractivity (Wildman–Crippen MR) is 88.7 cm³/mol. The average molecular weight is 312 g/mol. The molecule has 3 heterocycles. The Bertz CT molecular complexity index is 909. The first-order chi connectivity index (χ1) is 11.0. The molecule has 3 aromatic heterocycles. The quantitative estimate of drug-likeness (QED) is 0.771. The van der Waals surface area contributed by atoms with Gasteiger partial charge in [-0.1, -0.05) is 13.8 Å². The van der Waals surface area contributed by atoms with Crippen molar-refractivity contribution in [3.8, 4) is 0 Å². The Labute approximate surface area is 133 Å². The summed E-state index contributed by atoms with van der Waals surface area (Å²) in [5, 5.41) is 7.47. The van der Waals surface area contributed by atoms with E-state index >= 15 is 0 Å². The van der Waals surface area contributed by atoms with Crippen molar-refractivity contribution in [2.24, 2.45) is 0 Å². The minimum atomic E-state index is -0.0667. The topological polar surface area (TPSA) is 88.0 Å². The van der Waals surface area contributed by atoms with E-state index in [1.807, 2.05) is 26.0 Å². The van der Waals surface area contributed by atoms with Crippen LogP contribution < -0.4 is 10.9 Å². The SMILES string of the molecule is Cc1cc(C)c(CNc2cc(C(C)C)nc3ncnn23)c(=O)[nH]1. The van der Waals surface area contributed by atoms with Crippen LogP contribution in [-0.2, 0) is 6.54 Å². The standard InChI is InChI=1S/C16H20N6O/c1-9(2)13-6-14(22-16(21-13)18-8-19-22)17-7-12-10(3)5-11(4)20-15(12)23/h5-6,8-9,17H,7H2,1-4H3,(H,20,23). The van der Waals surface area contributed by atoms with Crippen molar-refractivity contribution in [1.82, 2.24) is 24.6 Å². The van der Waals surface area contributed by atoms with E-state index in [1.54, 1.807) is 4.52 Å². The number of pyridine rings is 1. The van der Waals surface area contributed by atoms with Crippen molar-refractivity contribution < 1.29 is 0 Å². The molecule has 7 heteroatoms. The Morgan fingerprint density at radius 1 is 1.30 bits per heavy atom. The lowest BCUT2D eigenvalue weighted by Crippen LogP contribution is -2.19. The molecule has 0 amide bonds. The lowest BCUT2D eigenvalue weighted by Gasteiger charge is -2.12. The van der Waals surface area contributed by atoms with Gasteiger partial charge in [0.05, 0.1) is 5.69 Å². The summed E-state index contributed by atoms with van der Waals surface area (Å²) in [6, 6.07) is 3.92. The van der Waals surface area contributed by atoms with Crippen LogP contribution >= 0.6 is 0 Å². The Balaban J connectivity index is 1.96. The lowest BCUT2D eigenvalue weighted by atomic mass is 10.1. The molecule has 0 spiro atoms. The van der Waals surface area contributed by atoms with Gasteiger partial charge in [0.15, 0.2) is 0 Å². The van der Waals surface area contributed by atoms with Gasteiger partial charge in [0.1, 0.15) is 12.1 Å². The zero-order valence-electron chi connectivity index (χ0n) is 13.7. The summed E-state index contributed by atoms with van der Waals surface area (Å²) < 4.78 is 1.64. The summed E-state index contributed by atoms with van der Waals surface area (Å²) in [6.45, 7) is 8.39. The maximum Gasteiger partial charge on any atom is 0.254 e. The number of anilines is 1. The first-order valence-electron chi connectivity index (χ1n) is 7.59. The highest BCUT2D eigenvalue weighted by atomic mass is 16.1. The molecule has 0 aliphatic rings. The zero-order chi connectivity index (χ0) is 16.6. The number of hydrogen-bond donors (Lipinski definition) is 2. The minimum absolute atomic E-state index is 0.0667. The molecular weight excluding hydrogens is 292 g/mol. The molecule has 3 rings (SSSR count). The second-order valence-electron chi connectivity index (χ2n) is 5.99. The number of hydrogen-bond acceptors (Lipinski definition) is 5. The van der Waals surface area contributed by atoms with Gasteiger partial charge in [-0.2, -0.15) is 14.6 Å². The largest absolute Gasteiger partial charge is 0.366 e. The van der Waals surface area contributed by atoms with Crippen molar-refractivity contribution in [3.63, 3.8) is 0 Å². The molecule has 0 aliphatic heterocycles. The highest BCUT2D eigenvalue weighted by Gasteiger charge is 2.11. The molecule has 0 aromatic carbocycles. The first-order valence-corrected chi connectivity index (χ1v) is 7.59. The molecule has 7 nitrogen and oxygen atoms in total. The second kappa shape index (κ2) is 5.83. The molecule has 0 unspecified atom stereocenters. The van der Waals surface area contributed by atoms with Gasteiger partial charge < -0.3 is 10.3 Å². The van der Waals surface area contributed by atoms with Crippen molar-refractivity contribution in [3.05, 3.63) is 51.3 Å². The van der Waals surface area contributed by atoms with Crippen molar-refractivity contribution in [2.75, 3.05) is 5.32 Å². The monoisotopic (exact) mass is 312 g/mol. The molecule has 0 aliphatic carbocycles. The van der Waals surface area contributed by atoms with Crippen LogP contribution in [0.4, 0.5) is 5.82 Å². The number of fused-ring (bicyclic) bond motifs is 1. The van der Waals surface area contributed by atoms with Gasteiger partial charge in [-0.05, 0) is 31.4 Å². The summed E-state index contributed by atoms with van der Waals surface area (Å²) in [5.41, 5.74) is 3.41. The van der Waals surface area contributed by atoms with Gasteiger partial charge in [0.25, 0.3) is 11.3 Å². The van der Waals surface area contributed by atoms with Crippen LogP contribution in [0.2, 0.25) is 0 Å². The van der Waals surface area contributed by atoms with Gasteiger partial charge in [-0.15, -0.1) is 0 Å². The maximum absolute atomic E-state index is 12.1. The van der Waals surface area contributed by atoms with Crippen molar-refractivity contribution >= 4 is 11.6 Å². The number of aromatic amines is 1. The summed E-state index contributed by atoms with van der Waals surface area (Å²) in [7, 11) is 0. The van der Waals surface area contributed by atoms with Crippen LogP contribution in [0.25, 0.3) is 5.78 Å². The molecule has 23 heavy (non-hydrogen) atoms. The second-order valence-corrected chi connectivity index (χ2v) is 5.99. The zero-order valence-corrected chi connectivity index (χ0v) is 13.7. The fraction of sp³-hybridized carbons (Fsp3) is 0.375. The van der Waals surface area contributed by atoms with E-state index < -0.39 is 0 Å². The Morgan fingerprint density at radius 3 is 2.78 bits per heavy atom. The van der Waals surface area contributed by atoms with Crippen LogP contribution in [0, 0.1) is 13.8 Å². The fourth-order valence-corrected chi connectivity index (χ4v) is 2.53. The molecule has 2 N–H and O–H groups in total. The van der Waals surface area contributed by atoms with Crippen molar-refractivity contribution in [2.45, 2.75) is 40.2 Å². The highest BCUT2D eigenvalue weighted by molar-refractivity contribution is 5.46. The van der Waals surface area contributed by atoms with E-state index in [0.29, 0.717) is 17.9 Å². The minimum Gasteiger partial charge on any atom is -0.366 e. The van der Waals surface area contributed by atoms with Gasteiger partial charge in [0.2, 0.25) is 0 Å². The van der Waals surface area contributed by atoms with Crippen LogP contribution in [0.1, 0.15) is 42.3 Å². The van der Waals surface area contributed by atoms with Crippen molar-refractivity contribution in [1.29, 1.82) is 0 Å². The molecule has 3 aromatic rings. The molecule has 0 bridgehead atoms. The molecular formula is C16H20N6O. The van der Waals surface area contributed by atoms with E-state index in [4.69, 9.17) is 0 Å². The molecule has 0 radical (unpaired) electrons. The normalized spacial score (nSPS) is 11.3. The van der Waals surface area contributed by atoms with Crippen LogP contribution in [0.15, 0.2) is 23.3 Å². The third kappa shape index (κ3) is 2.94. The van der Waals surface area contributed by atoms with E-state index in [1.165, 1.54) is 6.33 Å². The predicted octanol–water partition coefficient (Wildman–Crippen LogP) is 2.16. The summed E-state index contributed by atoms with van der Waals surface area (Å²) >= 11 is 0. The molecule has 0 saturated carbocycles. The third-order valence-electron chi connectivity index (χ3n) is 3.80. The van der Waals surface area contributed by atoms with E-state index in [-0.39, 0.29) is 11.5 Å².